The largest absolute Gasteiger partial charge is 0.494 e. The first-order valence-electron chi connectivity index (χ1n) is 4.96. The molecule has 1 rings (SSSR count). The highest BCUT2D eigenvalue weighted by Gasteiger charge is 1.92. The van der Waals surface area contributed by atoms with Gasteiger partial charge in [0.05, 0.1) is 5.76 Å². The highest BCUT2D eigenvalue weighted by atomic mass is 16.5. The minimum atomic E-state index is 0.598. The van der Waals surface area contributed by atoms with E-state index >= 15 is 0 Å². The number of allylic oxidation sites excluding steroid dienone is 4. The van der Waals surface area contributed by atoms with Gasteiger partial charge in [0, 0.05) is 5.70 Å². The fourth-order valence-corrected chi connectivity index (χ4v) is 1.07. The number of ether oxygens (including phenoxy) is 1. The third-order valence-electron chi connectivity index (χ3n) is 1.89. The zero-order chi connectivity index (χ0) is 11.1. The van der Waals surface area contributed by atoms with Crippen molar-refractivity contribution in [2.75, 3.05) is 0 Å². The van der Waals surface area contributed by atoms with E-state index in [-0.39, 0.29) is 0 Å². The van der Waals surface area contributed by atoms with Crippen LogP contribution in [0, 0.1) is 0 Å². The van der Waals surface area contributed by atoms with E-state index in [1.54, 1.807) is 0 Å². The van der Waals surface area contributed by atoms with Crippen molar-refractivity contribution in [3.63, 3.8) is 0 Å². The van der Waals surface area contributed by atoms with E-state index in [2.05, 4.69) is 0 Å². The van der Waals surface area contributed by atoms with Crippen LogP contribution < -0.4 is 5.73 Å². The van der Waals surface area contributed by atoms with Gasteiger partial charge in [-0.15, -0.1) is 0 Å². The summed E-state index contributed by atoms with van der Waals surface area (Å²) in [5.74, 6) is 0.864. The molecule has 0 aliphatic carbocycles. The van der Waals surface area contributed by atoms with Crippen molar-refractivity contribution >= 4 is 0 Å². The van der Waals surface area contributed by atoms with E-state index in [0.717, 1.165) is 11.5 Å². The van der Waals surface area contributed by atoms with Crippen LogP contribution in [-0.4, -0.2) is 0 Å². The summed E-state index contributed by atoms with van der Waals surface area (Å²) in [7, 11) is 0. The molecule has 0 aromatic heterocycles. The molecular formula is C13H17NO. The summed E-state index contributed by atoms with van der Waals surface area (Å²) in [6.45, 7) is 4.37. The van der Waals surface area contributed by atoms with E-state index in [1.165, 1.54) is 5.56 Å². The van der Waals surface area contributed by atoms with Crippen LogP contribution in [0.25, 0.3) is 0 Å². The summed E-state index contributed by atoms with van der Waals surface area (Å²) in [4.78, 5) is 0. The van der Waals surface area contributed by atoms with Gasteiger partial charge in [0.1, 0.15) is 6.61 Å². The average Bonchev–Trinajstić information content (AvgIpc) is 2.25. The van der Waals surface area contributed by atoms with Crippen LogP contribution in [-0.2, 0) is 11.3 Å². The summed E-state index contributed by atoms with van der Waals surface area (Å²) < 4.78 is 5.54. The van der Waals surface area contributed by atoms with Crippen LogP contribution >= 0.6 is 0 Å². The molecule has 2 heteroatoms. The monoisotopic (exact) mass is 203 g/mol. The molecule has 0 aliphatic rings. The molecule has 1 aromatic carbocycles. The van der Waals surface area contributed by atoms with Crippen molar-refractivity contribution < 1.29 is 4.74 Å². The smallest absolute Gasteiger partial charge is 0.113 e. The van der Waals surface area contributed by atoms with Crippen LogP contribution in [0.1, 0.15) is 19.4 Å². The predicted molar refractivity (Wildman–Crippen MR) is 62.9 cm³/mol. The Balaban J connectivity index is 2.44. The van der Waals surface area contributed by atoms with Crippen LogP contribution in [0.4, 0.5) is 0 Å². The Morgan fingerprint density at radius 1 is 1.20 bits per heavy atom. The molecule has 0 saturated carbocycles. The molecule has 0 atom stereocenters. The molecule has 15 heavy (non-hydrogen) atoms. The Morgan fingerprint density at radius 3 is 2.47 bits per heavy atom. The number of hydrogen-bond acceptors (Lipinski definition) is 2. The topological polar surface area (TPSA) is 35.2 Å². The minimum absolute atomic E-state index is 0.598. The first-order valence-corrected chi connectivity index (χ1v) is 4.96. The summed E-state index contributed by atoms with van der Waals surface area (Å²) in [5.41, 5.74) is 7.45. The van der Waals surface area contributed by atoms with Crippen molar-refractivity contribution in [3.05, 3.63) is 59.5 Å². The molecule has 0 amide bonds. The van der Waals surface area contributed by atoms with Gasteiger partial charge in [-0.1, -0.05) is 30.3 Å². The zero-order valence-corrected chi connectivity index (χ0v) is 9.23. The maximum Gasteiger partial charge on any atom is 0.113 e. The van der Waals surface area contributed by atoms with Gasteiger partial charge < -0.3 is 10.5 Å². The summed E-state index contributed by atoms with van der Waals surface area (Å²) in [6.07, 6.45) is 3.71. The SMILES string of the molecule is C/C(N)=C\C=C(/C)OCc1ccccc1. The Labute approximate surface area is 91.1 Å². The molecule has 0 radical (unpaired) electrons. The number of nitrogens with two attached hydrogens (primary N) is 1. The second kappa shape index (κ2) is 5.91. The maximum atomic E-state index is 5.54. The van der Waals surface area contributed by atoms with Crippen molar-refractivity contribution in [1.29, 1.82) is 0 Å². The van der Waals surface area contributed by atoms with Crippen LogP contribution in [0.15, 0.2) is 53.9 Å². The van der Waals surface area contributed by atoms with Gasteiger partial charge in [-0.2, -0.15) is 0 Å². The van der Waals surface area contributed by atoms with Gasteiger partial charge in [0.15, 0.2) is 0 Å². The van der Waals surface area contributed by atoms with Gasteiger partial charge in [-0.05, 0) is 31.6 Å². The number of rotatable bonds is 4. The normalized spacial score (nSPS) is 12.7. The molecular weight excluding hydrogens is 186 g/mol. The highest BCUT2D eigenvalue weighted by molar-refractivity contribution is 5.14. The number of hydrogen-bond donors (Lipinski definition) is 1. The Kier molecular flexibility index (Phi) is 4.48. The third kappa shape index (κ3) is 4.91. The molecule has 0 bridgehead atoms. The summed E-state index contributed by atoms with van der Waals surface area (Å²) in [5, 5.41) is 0. The van der Waals surface area contributed by atoms with Crippen LogP contribution in [0.3, 0.4) is 0 Å². The Morgan fingerprint density at radius 2 is 1.87 bits per heavy atom. The lowest BCUT2D eigenvalue weighted by Gasteiger charge is -2.05. The highest BCUT2D eigenvalue weighted by Crippen LogP contribution is 2.05. The quantitative estimate of drug-likeness (QED) is 0.603. The van der Waals surface area contributed by atoms with E-state index in [1.807, 2.05) is 56.3 Å². The first-order chi connectivity index (χ1) is 7.18. The second-order valence-corrected chi connectivity index (χ2v) is 3.46. The van der Waals surface area contributed by atoms with Gasteiger partial charge in [0.2, 0.25) is 0 Å². The molecule has 2 nitrogen and oxygen atoms in total. The molecule has 0 heterocycles. The predicted octanol–water partition coefficient (Wildman–Crippen LogP) is 2.97. The van der Waals surface area contributed by atoms with Gasteiger partial charge >= 0.3 is 0 Å². The molecule has 0 spiro atoms. The maximum absolute atomic E-state index is 5.54. The van der Waals surface area contributed by atoms with E-state index in [4.69, 9.17) is 10.5 Å². The molecule has 0 fully saturated rings. The lowest BCUT2D eigenvalue weighted by molar-refractivity contribution is 0.201. The minimum Gasteiger partial charge on any atom is -0.494 e. The lowest BCUT2D eigenvalue weighted by Crippen LogP contribution is -1.91. The van der Waals surface area contributed by atoms with Crippen molar-refractivity contribution in [1.82, 2.24) is 0 Å². The van der Waals surface area contributed by atoms with E-state index < -0.39 is 0 Å². The molecule has 2 N–H and O–H groups in total. The van der Waals surface area contributed by atoms with Crippen molar-refractivity contribution in [3.8, 4) is 0 Å². The van der Waals surface area contributed by atoms with Crippen LogP contribution in [0.2, 0.25) is 0 Å². The molecule has 0 saturated heterocycles. The fourth-order valence-electron chi connectivity index (χ4n) is 1.07. The van der Waals surface area contributed by atoms with Crippen molar-refractivity contribution in [2.24, 2.45) is 5.73 Å². The van der Waals surface area contributed by atoms with E-state index in [9.17, 15) is 0 Å². The third-order valence-corrected chi connectivity index (χ3v) is 1.89. The number of benzene rings is 1. The fraction of sp³-hybridized carbons (Fsp3) is 0.231. The summed E-state index contributed by atoms with van der Waals surface area (Å²) >= 11 is 0. The van der Waals surface area contributed by atoms with Gasteiger partial charge in [0.25, 0.3) is 0 Å². The van der Waals surface area contributed by atoms with Crippen molar-refractivity contribution in [2.45, 2.75) is 20.5 Å². The Hall–Kier alpha value is -1.70. The van der Waals surface area contributed by atoms with Gasteiger partial charge in [-0.25, -0.2) is 0 Å². The molecule has 0 aliphatic heterocycles. The zero-order valence-electron chi connectivity index (χ0n) is 9.23. The second-order valence-electron chi connectivity index (χ2n) is 3.46. The molecule has 80 valence electrons. The van der Waals surface area contributed by atoms with Gasteiger partial charge in [-0.3, -0.25) is 0 Å². The first kappa shape index (κ1) is 11.4. The average molecular weight is 203 g/mol. The lowest BCUT2D eigenvalue weighted by atomic mass is 10.2. The molecule has 1 aromatic rings. The standard InChI is InChI=1S/C13H17NO/c1-11(14)8-9-12(2)15-10-13-6-4-3-5-7-13/h3-9H,10,14H2,1-2H3/b11-8+,12-9+. The van der Waals surface area contributed by atoms with E-state index in [0.29, 0.717) is 6.61 Å². The molecule has 0 unspecified atom stereocenters. The van der Waals surface area contributed by atoms with Crippen LogP contribution in [0.5, 0.6) is 0 Å². The summed E-state index contributed by atoms with van der Waals surface area (Å²) in [6, 6.07) is 10.1. The Bertz CT molecular complexity index is 348.